The van der Waals surface area contributed by atoms with Crippen molar-refractivity contribution in [1.29, 1.82) is 0 Å². The maximum absolute atomic E-state index is 11.9. The Bertz CT molecular complexity index is 849. The van der Waals surface area contributed by atoms with Gasteiger partial charge >= 0.3 is 6.03 Å². The van der Waals surface area contributed by atoms with Crippen LogP contribution in [-0.2, 0) is 17.9 Å². The van der Waals surface area contributed by atoms with E-state index in [1.54, 1.807) is 19.0 Å². The minimum atomic E-state index is -0.754. The zero-order valence-electron chi connectivity index (χ0n) is 21.4. The molecule has 33 heavy (non-hydrogen) atoms. The van der Waals surface area contributed by atoms with Crippen molar-refractivity contribution in [1.82, 2.24) is 35.1 Å². The zero-order valence-corrected chi connectivity index (χ0v) is 21.4. The summed E-state index contributed by atoms with van der Waals surface area (Å²) in [6, 6.07) is 2.42. The van der Waals surface area contributed by atoms with E-state index in [2.05, 4.69) is 53.2 Å². The molecule has 0 saturated carbocycles. The van der Waals surface area contributed by atoms with Crippen molar-refractivity contribution in [3.05, 3.63) is 17.5 Å². The molecule has 1 atom stereocenters. The van der Waals surface area contributed by atoms with Gasteiger partial charge in [-0.25, -0.2) is 4.79 Å². The lowest BCUT2D eigenvalue weighted by molar-refractivity contribution is -0.124. The minimum absolute atomic E-state index is 0.0216. The molecule has 0 bridgehead atoms. The molecule has 1 fully saturated rings. The highest BCUT2D eigenvalue weighted by atomic mass is 16.2. The van der Waals surface area contributed by atoms with Crippen LogP contribution in [-0.4, -0.2) is 94.2 Å². The number of hydrogen-bond acceptors (Lipinski definition) is 6. The third-order valence-corrected chi connectivity index (χ3v) is 6.42. The van der Waals surface area contributed by atoms with E-state index in [0.29, 0.717) is 30.7 Å². The van der Waals surface area contributed by atoms with Crippen LogP contribution in [0, 0.1) is 0 Å². The summed E-state index contributed by atoms with van der Waals surface area (Å²) in [6.07, 6.45) is 1.68. The Kier molecular flexibility index (Phi) is 9.02. The van der Waals surface area contributed by atoms with E-state index in [0.717, 1.165) is 31.7 Å². The number of rotatable bonds is 6. The summed E-state index contributed by atoms with van der Waals surface area (Å²) in [7, 11) is 5.46. The van der Waals surface area contributed by atoms with Crippen molar-refractivity contribution < 1.29 is 14.4 Å². The number of hydrogen-bond donors (Lipinski definition) is 2. The van der Waals surface area contributed by atoms with Crippen molar-refractivity contribution >= 4 is 17.8 Å². The molecule has 0 radical (unpaired) electrons. The molecule has 3 heterocycles. The molecule has 10 nitrogen and oxygen atoms in total. The highest BCUT2D eigenvalue weighted by molar-refractivity contribution is 6.07. The van der Waals surface area contributed by atoms with Gasteiger partial charge in [-0.15, -0.1) is 0 Å². The SMILES string of the molecule is CC(C)N1CCCn2nc(C(=O)N(C)C)cc2C1.CCC1(CN(C)C(C)C)NC(=O)NC1=O. The van der Waals surface area contributed by atoms with Gasteiger partial charge in [-0.05, 0) is 53.7 Å². The third-order valence-electron chi connectivity index (χ3n) is 6.42. The van der Waals surface area contributed by atoms with Crippen LogP contribution in [0.15, 0.2) is 6.07 Å². The number of imide groups is 1. The molecule has 2 N–H and O–H groups in total. The predicted octanol–water partition coefficient (Wildman–Crippen LogP) is 1.51. The van der Waals surface area contributed by atoms with Crippen LogP contribution in [0.3, 0.4) is 0 Å². The van der Waals surface area contributed by atoms with Gasteiger partial charge in [0.05, 0.1) is 5.69 Å². The third kappa shape index (κ3) is 6.54. The number of nitrogens with zero attached hydrogens (tertiary/aromatic N) is 5. The molecule has 0 aliphatic carbocycles. The van der Waals surface area contributed by atoms with E-state index in [4.69, 9.17) is 0 Å². The quantitative estimate of drug-likeness (QED) is 0.620. The molecule has 1 aromatic rings. The number of fused-ring (bicyclic) bond motifs is 1. The van der Waals surface area contributed by atoms with Crippen molar-refractivity contribution in [2.75, 3.05) is 34.2 Å². The summed E-state index contributed by atoms with van der Waals surface area (Å²) in [5.41, 5.74) is 0.947. The fourth-order valence-corrected chi connectivity index (χ4v) is 3.87. The molecule has 3 rings (SSSR count). The highest BCUT2D eigenvalue weighted by Crippen LogP contribution is 2.18. The largest absolute Gasteiger partial charge is 0.343 e. The van der Waals surface area contributed by atoms with Crippen LogP contribution in [0.25, 0.3) is 0 Å². The standard InChI is InChI=1S/C13H22N4O.C10H19N3O2/c1-10(2)16-6-5-7-17-11(9-16)8-12(14-17)13(18)15(3)4;1-5-10(6-13(4)7(2)3)8(14)11-9(15)12-10/h8,10H,5-7,9H2,1-4H3;7H,5-6H2,1-4H3,(H2,11,12,14,15). The molecular weight excluding hydrogens is 422 g/mol. The zero-order chi connectivity index (χ0) is 24.9. The van der Waals surface area contributed by atoms with Crippen molar-refractivity contribution in [3.8, 4) is 0 Å². The van der Waals surface area contributed by atoms with Gasteiger partial charge in [0, 0.05) is 52.4 Å². The van der Waals surface area contributed by atoms with Gasteiger partial charge in [0.15, 0.2) is 5.69 Å². The van der Waals surface area contributed by atoms with E-state index >= 15 is 0 Å². The molecular formula is C23H41N7O3. The van der Waals surface area contributed by atoms with E-state index < -0.39 is 5.54 Å². The second kappa shape index (κ2) is 11.1. The van der Waals surface area contributed by atoms with E-state index in [1.807, 2.05) is 24.7 Å². The molecule has 1 unspecified atom stereocenters. The summed E-state index contributed by atoms with van der Waals surface area (Å²) in [6.45, 7) is 13.8. The van der Waals surface area contributed by atoms with Crippen molar-refractivity contribution in [2.45, 2.75) is 78.2 Å². The number of carbonyl (C=O) groups is 3. The molecule has 2 aliphatic rings. The van der Waals surface area contributed by atoms with Crippen LogP contribution in [0.4, 0.5) is 4.79 Å². The van der Waals surface area contributed by atoms with E-state index in [1.165, 1.54) is 0 Å². The molecule has 1 saturated heterocycles. The lowest BCUT2D eigenvalue weighted by atomic mass is 9.95. The predicted molar refractivity (Wildman–Crippen MR) is 128 cm³/mol. The number of nitrogens with one attached hydrogen (secondary N) is 2. The smallest absolute Gasteiger partial charge is 0.322 e. The molecule has 2 aliphatic heterocycles. The molecule has 1 aromatic heterocycles. The first-order valence-corrected chi connectivity index (χ1v) is 11.8. The topological polar surface area (TPSA) is 103 Å². The minimum Gasteiger partial charge on any atom is -0.343 e. The molecule has 186 valence electrons. The normalized spacial score (nSPS) is 20.8. The van der Waals surface area contributed by atoms with Gasteiger partial charge < -0.3 is 15.1 Å². The van der Waals surface area contributed by atoms with Gasteiger partial charge in [0.25, 0.3) is 11.8 Å². The summed E-state index contributed by atoms with van der Waals surface area (Å²) < 4.78 is 1.99. The summed E-state index contributed by atoms with van der Waals surface area (Å²) in [5.74, 6) is -0.242. The first kappa shape index (κ1) is 26.8. The second-order valence-electron chi connectivity index (χ2n) is 9.71. The Morgan fingerprint density at radius 2 is 1.85 bits per heavy atom. The van der Waals surface area contributed by atoms with Crippen molar-refractivity contribution in [2.24, 2.45) is 0 Å². The number of likely N-dealkylation sites (N-methyl/N-ethyl adjacent to an activating group) is 1. The Labute approximate surface area is 197 Å². The summed E-state index contributed by atoms with van der Waals surface area (Å²) in [5, 5.41) is 9.42. The number of aromatic nitrogens is 2. The van der Waals surface area contributed by atoms with E-state index in [-0.39, 0.29) is 17.8 Å². The average Bonchev–Trinajstić information content (AvgIpc) is 3.19. The number of urea groups is 1. The van der Waals surface area contributed by atoms with Gasteiger partial charge in [-0.2, -0.15) is 5.10 Å². The van der Waals surface area contributed by atoms with Gasteiger partial charge in [-0.3, -0.25) is 24.5 Å². The van der Waals surface area contributed by atoms with Gasteiger partial charge in [0.1, 0.15) is 5.54 Å². The van der Waals surface area contributed by atoms with Crippen LogP contribution in [0.2, 0.25) is 0 Å². The maximum Gasteiger partial charge on any atom is 0.322 e. The Morgan fingerprint density at radius 3 is 2.33 bits per heavy atom. The first-order chi connectivity index (χ1) is 15.4. The Hall–Kier alpha value is -2.46. The highest BCUT2D eigenvalue weighted by Gasteiger charge is 2.45. The van der Waals surface area contributed by atoms with Crippen LogP contribution in [0.5, 0.6) is 0 Å². The monoisotopic (exact) mass is 463 g/mol. The number of amides is 4. The van der Waals surface area contributed by atoms with Crippen molar-refractivity contribution in [3.63, 3.8) is 0 Å². The van der Waals surface area contributed by atoms with Crippen LogP contribution < -0.4 is 10.6 Å². The molecule has 0 spiro atoms. The molecule has 10 heteroatoms. The average molecular weight is 464 g/mol. The van der Waals surface area contributed by atoms with Crippen LogP contribution >= 0.6 is 0 Å². The number of aryl methyl sites for hydroxylation is 1. The fourth-order valence-electron chi connectivity index (χ4n) is 3.87. The lowest BCUT2D eigenvalue weighted by Gasteiger charge is -2.32. The summed E-state index contributed by atoms with van der Waals surface area (Å²) >= 11 is 0. The molecule has 4 amide bonds. The fraction of sp³-hybridized carbons (Fsp3) is 0.739. The Balaban J connectivity index is 0.000000238. The summed E-state index contributed by atoms with van der Waals surface area (Å²) in [4.78, 5) is 40.7. The second-order valence-corrected chi connectivity index (χ2v) is 9.71. The van der Waals surface area contributed by atoms with E-state index in [9.17, 15) is 14.4 Å². The first-order valence-electron chi connectivity index (χ1n) is 11.8. The maximum atomic E-state index is 11.9. The molecule has 0 aromatic carbocycles. The van der Waals surface area contributed by atoms with Gasteiger partial charge in [0.2, 0.25) is 0 Å². The number of carbonyl (C=O) groups excluding carboxylic acids is 3. The van der Waals surface area contributed by atoms with Gasteiger partial charge in [-0.1, -0.05) is 6.92 Å². The van der Waals surface area contributed by atoms with Crippen LogP contribution in [0.1, 0.15) is 63.6 Å². The Morgan fingerprint density at radius 1 is 1.18 bits per heavy atom. The lowest BCUT2D eigenvalue weighted by Crippen LogP contribution is -2.55.